The van der Waals surface area contributed by atoms with Crippen LogP contribution in [0.15, 0.2) is 69.6 Å². The van der Waals surface area contributed by atoms with E-state index < -0.39 is 5.56 Å². The molecule has 1 aromatic heterocycles. The first-order valence-electron chi connectivity index (χ1n) is 8.96. The van der Waals surface area contributed by atoms with Crippen LogP contribution in [0.4, 0.5) is 11.4 Å². The molecule has 3 rings (SSSR count). The molecule has 3 aromatic rings. The zero-order valence-corrected chi connectivity index (χ0v) is 15.8. The molecule has 1 heterocycles. The highest BCUT2D eigenvalue weighted by atomic mass is 16.3. The van der Waals surface area contributed by atoms with Crippen LogP contribution in [0.25, 0.3) is 0 Å². The number of aromatic nitrogens is 1. The van der Waals surface area contributed by atoms with Gasteiger partial charge in [-0.25, -0.2) is 0 Å². The number of aromatic hydroxyl groups is 1. The number of hydrogen-bond donors (Lipinski definition) is 1. The van der Waals surface area contributed by atoms with Gasteiger partial charge >= 0.3 is 0 Å². The summed E-state index contributed by atoms with van der Waals surface area (Å²) >= 11 is 0. The number of pyridine rings is 1. The Hall–Kier alpha value is -3.72. The lowest BCUT2D eigenvalue weighted by Crippen LogP contribution is -2.22. The molecule has 6 heteroatoms. The van der Waals surface area contributed by atoms with Gasteiger partial charge in [-0.15, -0.1) is 5.11 Å². The monoisotopic (exact) mass is 372 g/mol. The number of nitriles is 1. The second-order valence-electron chi connectivity index (χ2n) is 6.38. The van der Waals surface area contributed by atoms with Crippen molar-refractivity contribution in [3.05, 3.63) is 87.2 Å². The standard InChI is InChI=1S/C22H20N4O2/c1-3-16-9-11-18(12-10-16)24-25-20-15(2)19(13-23)21(27)26(22(20)28)14-17-7-5-4-6-8-17/h4-12,27H,3,14H2,1-2H3. The molecular weight excluding hydrogens is 352 g/mol. The molecule has 0 bridgehead atoms. The SMILES string of the molecule is CCc1ccc(N=Nc2c(C)c(C#N)c(O)n(Cc3ccccc3)c2=O)cc1. The van der Waals surface area contributed by atoms with Crippen LogP contribution in [0.3, 0.4) is 0 Å². The largest absolute Gasteiger partial charge is 0.493 e. The molecule has 0 aliphatic rings. The average Bonchev–Trinajstić information content (AvgIpc) is 2.72. The molecule has 0 aliphatic heterocycles. The summed E-state index contributed by atoms with van der Waals surface area (Å²) in [5, 5.41) is 28.2. The van der Waals surface area contributed by atoms with Gasteiger partial charge in [-0.05, 0) is 36.6 Å². The third kappa shape index (κ3) is 3.84. The van der Waals surface area contributed by atoms with Crippen LogP contribution < -0.4 is 5.56 Å². The van der Waals surface area contributed by atoms with Crippen molar-refractivity contribution in [3.63, 3.8) is 0 Å². The maximum atomic E-state index is 12.9. The first-order chi connectivity index (χ1) is 13.5. The van der Waals surface area contributed by atoms with E-state index in [1.54, 1.807) is 6.92 Å². The normalized spacial score (nSPS) is 10.9. The minimum absolute atomic E-state index is 0.0193. The minimum atomic E-state index is -0.494. The maximum absolute atomic E-state index is 12.9. The summed E-state index contributed by atoms with van der Waals surface area (Å²) in [5.74, 6) is -0.361. The van der Waals surface area contributed by atoms with Gasteiger partial charge in [-0.1, -0.05) is 49.4 Å². The molecule has 6 nitrogen and oxygen atoms in total. The van der Waals surface area contributed by atoms with Gasteiger partial charge in [0.1, 0.15) is 11.6 Å². The molecule has 0 fully saturated rings. The second kappa shape index (κ2) is 8.31. The van der Waals surface area contributed by atoms with Crippen molar-refractivity contribution in [1.29, 1.82) is 5.26 Å². The van der Waals surface area contributed by atoms with Crippen LogP contribution >= 0.6 is 0 Å². The van der Waals surface area contributed by atoms with Crippen molar-refractivity contribution in [2.75, 3.05) is 0 Å². The van der Waals surface area contributed by atoms with E-state index in [-0.39, 0.29) is 23.7 Å². The van der Waals surface area contributed by atoms with Gasteiger partial charge in [0.05, 0.1) is 12.2 Å². The smallest absolute Gasteiger partial charge is 0.281 e. The molecular formula is C22H20N4O2. The van der Waals surface area contributed by atoms with Gasteiger partial charge in [0, 0.05) is 5.56 Å². The highest BCUT2D eigenvalue weighted by molar-refractivity contribution is 5.57. The topological polar surface area (TPSA) is 90.7 Å². The van der Waals surface area contributed by atoms with Crippen molar-refractivity contribution in [2.45, 2.75) is 26.8 Å². The van der Waals surface area contributed by atoms with Gasteiger partial charge in [0.15, 0.2) is 5.69 Å². The van der Waals surface area contributed by atoms with E-state index in [4.69, 9.17) is 0 Å². The first-order valence-corrected chi connectivity index (χ1v) is 8.96. The highest BCUT2D eigenvalue weighted by Crippen LogP contribution is 2.27. The van der Waals surface area contributed by atoms with E-state index in [9.17, 15) is 15.2 Å². The lowest BCUT2D eigenvalue weighted by atomic mass is 10.1. The van der Waals surface area contributed by atoms with Crippen molar-refractivity contribution < 1.29 is 5.11 Å². The summed E-state index contributed by atoms with van der Waals surface area (Å²) in [6.45, 7) is 3.78. The highest BCUT2D eigenvalue weighted by Gasteiger charge is 2.19. The van der Waals surface area contributed by atoms with Gasteiger partial charge in [-0.2, -0.15) is 10.4 Å². The Balaban J connectivity index is 2.07. The number of azo groups is 1. The van der Waals surface area contributed by atoms with Crippen LogP contribution in [0.5, 0.6) is 5.88 Å². The molecule has 0 atom stereocenters. The fraction of sp³-hybridized carbons (Fsp3) is 0.182. The second-order valence-corrected chi connectivity index (χ2v) is 6.38. The quantitative estimate of drug-likeness (QED) is 0.655. The Morgan fingerprint density at radius 3 is 2.32 bits per heavy atom. The predicted molar refractivity (Wildman–Crippen MR) is 107 cm³/mol. The van der Waals surface area contributed by atoms with E-state index in [1.165, 1.54) is 5.56 Å². The number of nitrogens with zero attached hydrogens (tertiary/aromatic N) is 4. The molecule has 2 aromatic carbocycles. The summed E-state index contributed by atoms with van der Waals surface area (Å²) in [4.78, 5) is 12.9. The van der Waals surface area contributed by atoms with Crippen LogP contribution in [0, 0.1) is 18.3 Å². The Morgan fingerprint density at radius 1 is 1.04 bits per heavy atom. The van der Waals surface area contributed by atoms with Crippen molar-refractivity contribution in [2.24, 2.45) is 10.2 Å². The number of rotatable bonds is 5. The summed E-state index contributed by atoms with van der Waals surface area (Å²) in [6, 6.07) is 18.8. The fourth-order valence-corrected chi connectivity index (χ4v) is 2.88. The third-order valence-electron chi connectivity index (χ3n) is 4.56. The van der Waals surface area contributed by atoms with Gasteiger partial charge in [0.2, 0.25) is 5.88 Å². The Morgan fingerprint density at radius 2 is 1.71 bits per heavy atom. The number of benzene rings is 2. The third-order valence-corrected chi connectivity index (χ3v) is 4.56. The Labute approximate surface area is 163 Å². The van der Waals surface area contributed by atoms with Crippen LogP contribution in [0.1, 0.15) is 29.2 Å². The molecule has 140 valence electrons. The molecule has 0 saturated heterocycles. The number of hydrogen-bond acceptors (Lipinski definition) is 5. The van der Waals surface area contributed by atoms with E-state index in [0.29, 0.717) is 11.3 Å². The molecule has 1 N–H and O–H groups in total. The lowest BCUT2D eigenvalue weighted by Gasteiger charge is -2.13. The average molecular weight is 372 g/mol. The van der Waals surface area contributed by atoms with Gasteiger partial charge in [0.25, 0.3) is 5.56 Å². The van der Waals surface area contributed by atoms with E-state index in [0.717, 1.165) is 16.6 Å². The Kier molecular flexibility index (Phi) is 5.66. The Bertz CT molecular complexity index is 1110. The van der Waals surface area contributed by atoms with E-state index in [1.807, 2.05) is 60.7 Å². The lowest BCUT2D eigenvalue weighted by molar-refractivity contribution is 0.412. The zero-order valence-electron chi connectivity index (χ0n) is 15.8. The van der Waals surface area contributed by atoms with Crippen molar-refractivity contribution in [1.82, 2.24) is 4.57 Å². The molecule has 0 radical (unpaired) electrons. The molecule has 0 amide bonds. The fourth-order valence-electron chi connectivity index (χ4n) is 2.88. The van der Waals surface area contributed by atoms with Crippen molar-refractivity contribution in [3.8, 4) is 11.9 Å². The van der Waals surface area contributed by atoms with E-state index >= 15 is 0 Å². The minimum Gasteiger partial charge on any atom is -0.493 e. The van der Waals surface area contributed by atoms with E-state index in [2.05, 4.69) is 17.2 Å². The van der Waals surface area contributed by atoms with Crippen molar-refractivity contribution >= 4 is 11.4 Å². The summed E-state index contributed by atoms with van der Waals surface area (Å²) in [5.41, 5.74) is 2.49. The first kappa shape index (κ1) is 19.1. The van der Waals surface area contributed by atoms with Crippen LogP contribution in [-0.4, -0.2) is 9.67 Å². The molecule has 0 spiro atoms. The number of aryl methyl sites for hydroxylation is 1. The van der Waals surface area contributed by atoms with Crippen LogP contribution in [-0.2, 0) is 13.0 Å². The molecule has 0 aliphatic carbocycles. The summed E-state index contributed by atoms with van der Waals surface area (Å²) in [6.07, 6.45) is 0.921. The summed E-state index contributed by atoms with van der Waals surface area (Å²) < 4.78 is 1.15. The maximum Gasteiger partial charge on any atom is 0.281 e. The predicted octanol–water partition coefficient (Wildman–Crippen LogP) is 4.76. The molecule has 28 heavy (non-hydrogen) atoms. The van der Waals surface area contributed by atoms with Gasteiger partial charge < -0.3 is 5.11 Å². The zero-order chi connectivity index (χ0) is 20.1. The molecule has 0 saturated carbocycles. The van der Waals surface area contributed by atoms with Gasteiger partial charge in [-0.3, -0.25) is 9.36 Å². The molecule has 0 unspecified atom stereocenters. The summed E-state index contributed by atoms with van der Waals surface area (Å²) in [7, 11) is 0. The van der Waals surface area contributed by atoms with Crippen LogP contribution in [0.2, 0.25) is 0 Å².